The second kappa shape index (κ2) is 3.98. The molecule has 0 spiro atoms. The fraction of sp³-hybridized carbons (Fsp3) is 0. The van der Waals surface area contributed by atoms with Crippen LogP contribution in [0.4, 0.5) is 0 Å². The van der Waals surface area contributed by atoms with Crippen molar-refractivity contribution in [2.45, 2.75) is 0 Å². The van der Waals surface area contributed by atoms with E-state index >= 15 is 0 Å². The Morgan fingerprint density at radius 1 is 1.50 bits per heavy atom. The summed E-state index contributed by atoms with van der Waals surface area (Å²) < 4.78 is 26.8. The molecule has 0 radical (unpaired) electrons. The van der Waals surface area contributed by atoms with E-state index in [1.165, 1.54) is 0 Å². The molecule has 0 atom stereocenters. The van der Waals surface area contributed by atoms with Crippen molar-refractivity contribution >= 4 is 10.1 Å². The second-order valence-corrected chi connectivity index (χ2v) is 2.10. The quantitative estimate of drug-likeness (QED) is 0.227. The van der Waals surface area contributed by atoms with Crippen LogP contribution in [0.3, 0.4) is 0 Å². The fourth-order valence-corrected chi connectivity index (χ4v) is 0.231. The van der Waals surface area contributed by atoms with E-state index in [0.717, 1.165) is 0 Å². The van der Waals surface area contributed by atoms with E-state index in [4.69, 9.17) is 9.66 Å². The molecule has 0 bridgehead atoms. The Labute approximate surface area is 60.6 Å². The van der Waals surface area contributed by atoms with Crippen LogP contribution in [0.2, 0.25) is 0 Å². The number of aliphatic hydroxyl groups is 1. The molecule has 0 fully saturated rings. The summed E-state index contributed by atoms with van der Waals surface area (Å²) in [5.41, 5.74) is 0. The van der Waals surface area contributed by atoms with Gasteiger partial charge < -0.3 is 6.53 Å². The third-order valence-corrected chi connectivity index (χ3v) is 0.698. The van der Waals surface area contributed by atoms with Gasteiger partial charge >= 0.3 is 18.9 Å². The van der Waals surface area contributed by atoms with E-state index in [1.807, 2.05) is 0 Å². The van der Waals surface area contributed by atoms with Gasteiger partial charge in [0.2, 0.25) is 0 Å². The summed E-state index contributed by atoms with van der Waals surface area (Å²) in [5, 5.41) is 7.95. The van der Waals surface area contributed by atoms with Crippen LogP contribution in [0.15, 0.2) is 11.7 Å². The van der Waals surface area contributed by atoms with Gasteiger partial charge in [0.1, 0.15) is 0 Å². The molecule has 0 saturated carbocycles. The number of hydrogen-bond acceptors (Lipinski definition) is 3. The summed E-state index contributed by atoms with van der Waals surface area (Å²) in [6, 6.07) is 0. The molecule has 0 rings (SSSR count). The summed E-state index contributed by atoms with van der Waals surface area (Å²) in [7, 11) is -4.10. The average Bonchev–Trinajstić information content (AvgIpc) is 1.30. The molecule has 2 N–H and O–H groups in total. The van der Waals surface area contributed by atoms with Crippen molar-refractivity contribution in [3.05, 3.63) is 11.7 Å². The van der Waals surface area contributed by atoms with Gasteiger partial charge in [0, 0.05) is 0 Å². The van der Waals surface area contributed by atoms with Crippen LogP contribution in [-0.2, 0) is 10.1 Å². The first kappa shape index (κ1) is 10.9. The largest absolute Gasteiger partial charge is 1.00 e. The van der Waals surface area contributed by atoms with E-state index in [-0.39, 0.29) is 32.0 Å². The molecule has 0 unspecified atom stereocenters. The molecule has 0 aromatic heterocycles. The van der Waals surface area contributed by atoms with Crippen molar-refractivity contribution in [1.82, 2.24) is 0 Å². The van der Waals surface area contributed by atoms with Crippen LogP contribution in [0.1, 0.15) is 1.43 Å². The van der Waals surface area contributed by atoms with Crippen molar-refractivity contribution in [3.63, 3.8) is 0 Å². The van der Waals surface area contributed by atoms with Crippen LogP contribution in [0.25, 0.3) is 0 Å². The molecule has 44 valence electrons. The predicted octanol–water partition coefficient (Wildman–Crippen LogP) is -2.98. The van der Waals surface area contributed by atoms with Crippen molar-refractivity contribution < 1.29 is 38.4 Å². The predicted molar refractivity (Wildman–Crippen MR) is 24.4 cm³/mol. The number of rotatable bonds is 1. The third-order valence-electron chi connectivity index (χ3n) is 0.233. The van der Waals surface area contributed by atoms with E-state index in [2.05, 4.69) is 0 Å². The molecule has 0 aromatic carbocycles. The Kier molecular flexibility index (Phi) is 5.44. The Bertz CT molecular complexity index is 161. The molecule has 0 aromatic rings. The maximum atomic E-state index is 9.54. The van der Waals surface area contributed by atoms with Crippen LogP contribution in [0, 0.1) is 0 Å². The summed E-state index contributed by atoms with van der Waals surface area (Å²) in [4.78, 5) is 0. The van der Waals surface area contributed by atoms with Crippen LogP contribution in [0.5, 0.6) is 0 Å². The molecule has 0 heterocycles. The van der Waals surface area contributed by atoms with Gasteiger partial charge in [-0.15, -0.1) is 0 Å². The normalized spacial score (nSPS) is 11.1. The Morgan fingerprint density at radius 3 is 1.88 bits per heavy atom. The minimum absolute atomic E-state index is 0. The zero-order valence-electron chi connectivity index (χ0n) is 5.27. The summed E-state index contributed by atoms with van der Waals surface area (Å²) in [6.07, 6.45) is 0.245. The standard InChI is InChI=1S/C2H4O4S.Li.H/c3-1-2-7(4,5)6;;/h1-3H,(H,4,5,6);;/q;+1;-1. The minimum atomic E-state index is -4.10. The topological polar surface area (TPSA) is 74.6 Å². The SMILES string of the molecule is O=S(=O)(O)C=CO.[H-].[Li+]. The number of aliphatic hydroxyl groups excluding tert-OH is 1. The molecule has 0 aliphatic rings. The Balaban J connectivity index is -0.000000180. The van der Waals surface area contributed by atoms with Crippen LogP contribution < -0.4 is 18.9 Å². The first-order valence-electron chi connectivity index (χ1n) is 1.34. The molecule has 0 aliphatic carbocycles. The van der Waals surface area contributed by atoms with Crippen molar-refractivity contribution in [2.24, 2.45) is 0 Å². The molecular weight excluding hydrogens is 127 g/mol. The second-order valence-electron chi connectivity index (χ2n) is 0.800. The van der Waals surface area contributed by atoms with Crippen LogP contribution >= 0.6 is 0 Å². The summed E-state index contributed by atoms with van der Waals surface area (Å²) in [6.45, 7) is 0. The van der Waals surface area contributed by atoms with Gasteiger partial charge in [-0.05, 0) is 0 Å². The maximum Gasteiger partial charge on any atom is 1.00 e. The van der Waals surface area contributed by atoms with E-state index < -0.39 is 10.1 Å². The first-order valence-corrected chi connectivity index (χ1v) is 2.85. The summed E-state index contributed by atoms with van der Waals surface area (Å²) >= 11 is 0. The average molecular weight is 132 g/mol. The van der Waals surface area contributed by atoms with E-state index in [0.29, 0.717) is 0 Å². The molecular formula is C2H5LiO4S. The Hall–Kier alpha value is 0.0474. The maximum absolute atomic E-state index is 9.54. The van der Waals surface area contributed by atoms with Gasteiger partial charge in [-0.1, -0.05) is 0 Å². The smallest absolute Gasteiger partial charge is 1.00 e. The monoisotopic (exact) mass is 132 g/mol. The molecule has 0 amide bonds. The van der Waals surface area contributed by atoms with Crippen LogP contribution in [-0.4, -0.2) is 18.1 Å². The first-order chi connectivity index (χ1) is 3.06. The Morgan fingerprint density at radius 2 is 1.88 bits per heavy atom. The van der Waals surface area contributed by atoms with Gasteiger partial charge in [-0.25, -0.2) is 0 Å². The third kappa shape index (κ3) is 9.40. The summed E-state index contributed by atoms with van der Waals surface area (Å²) in [5.74, 6) is 0. The van der Waals surface area contributed by atoms with Gasteiger partial charge in [0.15, 0.2) is 0 Å². The van der Waals surface area contributed by atoms with E-state index in [1.54, 1.807) is 0 Å². The van der Waals surface area contributed by atoms with Crippen molar-refractivity contribution in [3.8, 4) is 0 Å². The molecule has 4 nitrogen and oxygen atoms in total. The van der Waals surface area contributed by atoms with Crippen molar-refractivity contribution in [1.29, 1.82) is 0 Å². The van der Waals surface area contributed by atoms with Gasteiger partial charge in [0.25, 0.3) is 10.1 Å². The fourth-order valence-electron chi connectivity index (χ4n) is 0.0769. The minimum Gasteiger partial charge on any atom is -1.00 e. The number of hydrogen-bond donors (Lipinski definition) is 2. The van der Waals surface area contributed by atoms with Crippen molar-refractivity contribution in [2.75, 3.05) is 0 Å². The molecule has 6 heteroatoms. The van der Waals surface area contributed by atoms with Gasteiger partial charge in [0.05, 0.1) is 11.7 Å². The van der Waals surface area contributed by atoms with Gasteiger partial charge in [-0.2, -0.15) is 8.42 Å². The molecule has 8 heavy (non-hydrogen) atoms. The zero-order valence-corrected chi connectivity index (χ0v) is 5.09. The molecule has 0 aliphatic heterocycles. The molecule has 0 saturated heterocycles. The zero-order chi connectivity index (χ0) is 5.91. The van der Waals surface area contributed by atoms with E-state index in [9.17, 15) is 8.42 Å². The van der Waals surface area contributed by atoms with Gasteiger partial charge in [-0.3, -0.25) is 4.55 Å².